The summed E-state index contributed by atoms with van der Waals surface area (Å²) in [7, 11) is 0. The van der Waals surface area contributed by atoms with Crippen LogP contribution in [0.25, 0.3) is 0 Å². The number of rotatable bonds is 3. The molecule has 1 heterocycles. The number of halogens is 2. The molecule has 0 spiro atoms. The minimum Gasteiger partial charge on any atom is -0.373 e. The SMILES string of the molecule is O=C(Cc1cccc(F)c1)N1CCOC(CCl)C1. The standard InChI is InChI=1S/C13H15ClFNO2/c14-8-12-9-16(4-5-18-12)13(17)7-10-2-1-3-11(15)6-10/h1-3,6,12H,4-5,7-9H2. The summed E-state index contributed by atoms with van der Waals surface area (Å²) in [5.41, 5.74) is 0.689. The van der Waals surface area contributed by atoms with E-state index in [0.717, 1.165) is 0 Å². The Kier molecular flexibility index (Phi) is 4.55. The molecule has 98 valence electrons. The van der Waals surface area contributed by atoms with E-state index in [1.807, 2.05) is 0 Å². The highest BCUT2D eigenvalue weighted by molar-refractivity contribution is 6.18. The second kappa shape index (κ2) is 6.16. The summed E-state index contributed by atoms with van der Waals surface area (Å²) in [6, 6.07) is 6.11. The number of hydrogen-bond donors (Lipinski definition) is 0. The van der Waals surface area contributed by atoms with Crippen molar-refractivity contribution in [3.63, 3.8) is 0 Å². The van der Waals surface area contributed by atoms with Gasteiger partial charge in [0.2, 0.25) is 5.91 Å². The largest absolute Gasteiger partial charge is 0.373 e. The lowest BCUT2D eigenvalue weighted by molar-refractivity contribution is -0.137. The van der Waals surface area contributed by atoms with Gasteiger partial charge in [-0.15, -0.1) is 11.6 Å². The van der Waals surface area contributed by atoms with E-state index in [0.29, 0.717) is 31.1 Å². The molecule has 3 nitrogen and oxygen atoms in total. The Morgan fingerprint density at radius 2 is 2.39 bits per heavy atom. The first-order chi connectivity index (χ1) is 8.69. The summed E-state index contributed by atoms with van der Waals surface area (Å²) in [5, 5.41) is 0. The molecule has 1 fully saturated rings. The van der Waals surface area contributed by atoms with Gasteiger partial charge in [-0.25, -0.2) is 4.39 Å². The highest BCUT2D eigenvalue weighted by Gasteiger charge is 2.23. The molecule has 1 atom stereocenters. The number of carbonyl (C=O) groups is 1. The molecule has 0 aromatic heterocycles. The first-order valence-corrected chi connectivity index (χ1v) is 6.42. The topological polar surface area (TPSA) is 29.5 Å². The number of hydrogen-bond acceptors (Lipinski definition) is 2. The van der Waals surface area contributed by atoms with Gasteiger partial charge < -0.3 is 9.64 Å². The summed E-state index contributed by atoms with van der Waals surface area (Å²) >= 11 is 5.72. The van der Waals surface area contributed by atoms with Crippen molar-refractivity contribution in [2.45, 2.75) is 12.5 Å². The fourth-order valence-electron chi connectivity index (χ4n) is 1.97. The third kappa shape index (κ3) is 3.43. The molecule has 1 aromatic rings. The predicted octanol–water partition coefficient (Wildman–Crippen LogP) is 1.83. The zero-order valence-electron chi connectivity index (χ0n) is 9.94. The minimum absolute atomic E-state index is 0.0148. The normalized spacial score (nSPS) is 19.9. The van der Waals surface area contributed by atoms with Crippen molar-refractivity contribution >= 4 is 17.5 Å². The molecule has 1 aliphatic rings. The van der Waals surface area contributed by atoms with Crippen LogP contribution in [0.5, 0.6) is 0 Å². The van der Waals surface area contributed by atoms with Crippen molar-refractivity contribution in [2.24, 2.45) is 0 Å². The number of morpholine rings is 1. The highest BCUT2D eigenvalue weighted by Crippen LogP contribution is 2.10. The van der Waals surface area contributed by atoms with Gasteiger partial charge in [-0.1, -0.05) is 12.1 Å². The van der Waals surface area contributed by atoms with Crippen LogP contribution in [-0.4, -0.2) is 42.5 Å². The Morgan fingerprint density at radius 3 is 3.11 bits per heavy atom. The smallest absolute Gasteiger partial charge is 0.227 e. The maximum absolute atomic E-state index is 13.0. The Balaban J connectivity index is 1.95. The minimum atomic E-state index is -0.319. The maximum atomic E-state index is 13.0. The summed E-state index contributed by atoms with van der Waals surface area (Å²) in [4.78, 5) is 13.8. The van der Waals surface area contributed by atoms with Gasteiger partial charge in [0.05, 0.1) is 25.0 Å². The average Bonchev–Trinajstić information content (AvgIpc) is 2.39. The molecular weight excluding hydrogens is 257 g/mol. The van der Waals surface area contributed by atoms with Crippen molar-refractivity contribution in [3.05, 3.63) is 35.6 Å². The molecule has 5 heteroatoms. The number of benzene rings is 1. The number of amides is 1. The van der Waals surface area contributed by atoms with E-state index >= 15 is 0 Å². The molecule has 0 radical (unpaired) electrons. The second-order valence-electron chi connectivity index (χ2n) is 4.29. The number of carbonyl (C=O) groups excluding carboxylic acids is 1. The third-order valence-corrected chi connectivity index (χ3v) is 3.25. The van der Waals surface area contributed by atoms with E-state index in [1.165, 1.54) is 12.1 Å². The van der Waals surface area contributed by atoms with E-state index in [1.54, 1.807) is 17.0 Å². The molecule has 0 aliphatic carbocycles. The van der Waals surface area contributed by atoms with Gasteiger partial charge in [-0.3, -0.25) is 4.79 Å². The molecule has 1 amide bonds. The van der Waals surface area contributed by atoms with Crippen LogP contribution in [-0.2, 0) is 16.0 Å². The zero-order chi connectivity index (χ0) is 13.0. The van der Waals surface area contributed by atoms with Gasteiger partial charge in [0.15, 0.2) is 0 Å². The molecule has 1 unspecified atom stereocenters. The Hall–Kier alpha value is -1.13. The molecule has 0 saturated carbocycles. The molecule has 1 saturated heterocycles. The molecule has 2 rings (SSSR count). The van der Waals surface area contributed by atoms with Crippen LogP contribution < -0.4 is 0 Å². The summed E-state index contributed by atoms with van der Waals surface area (Å²) in [6.07, 6.45) is 0.115. The summed E-state index contributed by atoms with van der Waals surface area (Å²) in [6.45, 7) is 1.59. The molecular formula is C13H15ClFNO2. The molecule has 0 N–H and O–H groups in total. The van der Waals surface area contributed by atoms with Gasteiger partial charge in [0.1, 0.15) is 5.82 Å². The Labute approximate surface area is 110 Å². The van der Waals surface area contributed by atoms with Crippen molar-refractivity contribution in [3.8, 4) is 0 Å². The zero-order valence-corrected chi connectivity index (χ0v) is 10.7. The van der Waals surface area contributed by atoms with Gasteiger partial charge in [0.25, 0.3) is 0 Å². The van der Waals surface area contributed by atoms with Crippen LogP contribution in [0.2, 0.25) is 0 Å². The van der Waals surface area contributed by atoms with Crippen LogP contribution in [0.15, 0.2) is 24.3 Å². The molecule has 1 aliphatic heterocycles. The highest BCUT2D eigenvalue weighted by atomic mass is 35.5. The van der Waals surface area contributed by atoms with E-state index in [4.69, 9.17) is 16.3 Å². The van der Waals surface area contributed by atoms with Gasteiger partial charge in [-0.2, -0.15) is 0 Å². The van der Waals surface area contributed by atoms with E-state index in [9.17, 15) is 9.18 Å². The maximum Gasteiger partial charge on any atom is 0.227 e. The van der Waals surface area contributed by atoms with Crippen molar-refractivity contribution in [1.82, 2.24) is 4.90 Å². The van der Waals surface area contributed by atoms with E-state index < -0.39 is 0 Å². The van der Waals surface area contributed by atoms with Crippen LogP contribution >= 0.6 is 11.6 Å². The quantitative estimate of drug-likeness (QED) is 0.785. The fraction of sp³-hybridized carbons (Fsp3) is 0.462. The fourth-order valence-corrected chi connectivity index (χ4v) is 2.16. The van der Waals surface area contributed by atoms with Crippen molar-refractivity contribution < 1.29 is 13.9 Å². The predicted molar refractivity (Wildman–Crippen MR) is 67.1 cm³/mol. The molecule has 1 aromatic carbocycles. The van der Waals surface area contributed by atoms with Crippen LogP contribution in [0.3, 0.4) is 0 Å². The first-order valence-electron chi connectivity index (χ1n) is 5.89. The van der Waals surface area contributed by atoms with Crippen molar-refractivity contribution in [1.29, 1.82) is 0 Å². The van der Waals surface area contributed by atoms with Gasteiger partial charge in [0, 0.05) is 13.1 Å². The van der Waals surface area contributed by atoms with Crippen LogP contribution in [0, 0.1) is 5.82 Å². The van der Waals surface area contributed by atoms with Gasteiger partial charge in [-0.05, 0) is 17.7 Å². The number of alkyl halides is 1. The summed E-state index contributed by atoms with van der Waals surface area (Å²) in [5.74, 6) is 0.0453. The third-order valence-electron chi connectivity index (χ3n) is 2.91. The average molecular weight is 272 g/mol. The molecule has 18 heavy (non-hydrogen) atoms. The lowest BCUT2D eigenvalue weighted by Gasteiger charge is -2.32. The van der Waals surface area contributed by atoms with E-state index in [-0.39, 0.29) is 24.2 Å². The lowest BCUT2D eigenvalue weighted by Crippen LogP contribution is -2.46. The Bertz CT molecular complexity index is 427. The van der Waals surface area contributed by atoms with Crippen LogP contribution in [0.1, 0.15) is 5.56 Å². The monoisotopic (exact) mass is 271 g/mol. The number of ether oxygens (including phenoxy) is 1. The summed E-state index contributed by atoms with van der Waals surface area (Å²) < 4.78 is 18.4. The van der Waals surface area contributed by atoms with Crippen molar-refractivity contribution in [2.75, 3.05) is 25.6 Å². The van der Waals surface area contributed by atoms with Crippen LogP contribution in [0.4, 0.5) is 4.39 Å². The second-order valence-corrected chi connectivity index (χ2v) is 4.60. The molecule has 0 bridgehead atoms. The van der Waals surface area contributed by atoms with Gasteiger partial charge >= 0.3 is 0 Å². The number of nitrogens with zero attached hydrogens (tertiary/aromatic N) is 1. The van der Waals surface area contributed by atoms with E-state index in [2.05, 4.69) is 0 Å². The lowest BCUT2D eigenvalue weighted by atomic mass is 10.1. The first kappa shape index (κ1) is 13.3. The Morgan fingerprint density at radius 1 is 1.56 bits per heavy atom.